The van der Waals surface area contributed by atoms with Crippen molar-refractivity contribution in [3.05, 3.63) is 90.0 Å². The van der Waals surface area contributed by atoms with Gasteiger partial charge in [0, 0.05) is 35.6 Å². The fraction of sp³-hybridized carbons (Fsp3) is 0.0909. The van der Waals surface area contributed by atoms with Gasteiger partial charge in [-0.15, -0.1) is 5.10 Å². The Morgan fingerprint density at radius 2 is 1.94 bits per heavy atom. The minimum absolute atomic E-state index is 0.0878. The molecule has 0 aliphatic carbocycles. The molecule has 0 atom stereocenters. The maximum atomic E-state index is 14.0. The largest absolute Gasteiger partial charge is 0.364 e. The van der Waals surface area contributed by atoms with Crippen LogP contribution in [0.25, 0.3) is 22.7 Å². The van der Waals surface area contributed by atoms with Gasteiger partial charge in [-0.1, -0.05) is 6.07 Å². The summed E-state index contributed by atoms with van der Waals surface area (Å²) >= 11 is 0. The molecule has 0 aliphatic heterocycles. The van der Waals surface area contributed by atoms with Gasteiger partial charge < -0.3 is 5.32 Å². The average molecular weight is 417 g/mol. The quantitative estimate of drug-likeness (QED) is 0.465. The summed E-state index contributed by atoms with van der Waals surface area (Å²) in [6, 6.07) is 14.7. The van der Waals surface area contributed by atoms with Crippen LogP contribution >= 0.6 is 0 Å². The molecule has 0 saturated carbocycles. The zero-order valence-electron chi connectivity index (χ0n) is 16.5. The summed E-state index contributed by atoms with van der Waals surface area (Å²) in [4.78, 5) is 8.81. The highest BCUT2D eigenvalue weighted by molar-refractivity contribution is 5.68. The molecule has 0 aliphatic rings. The fourth-order valence-corrected chi connectivity index (χ4v) is 3.33. The number of fused-ring (bicyclic) bond motifs is 1. The molecule has 0 bridgehead atoms. The number of hydrogen-bond donors (Lipinski definition) is 1. The van der Waals surface area contributed by atoms with E-state index in [0.717, 1.165) is 29.1 Å². The van der Waals surface area contributed by atoms with Crippen molar-refractivity contribution in [2.24, 2.45) is 0 Å². The normalized spacial score (nSPS) is 11.2. The molecule has 7 nitrogen and oxygen atoms in total. The van der Waals surface area contributed by atoms with E-state index in [2.05, 4.69) is 25.5 Å². The highest BCUT2D eigenvalue weighted by atomic mass is 19.1. The van der Waals surface area contributed by atoms with E-state index >= 15 is 0 Å². The molecule has 0 fully saturated rings. The number of anilines is 1. The smallest absolute Gasteiger partial charge is 0.155 e. The van der Waals surface area contributed by atoms with Gasteiger partial charge in [0.1, 0.15) is 23.8 Å². The van der Waals surface area contributed by atoms with E-state index in [1.165, 1.54) is 12.4 Å². The molecule has 0 saturated heterocycles. The summed E-state index contributed by atoms with van der Waals surface area (Å²) in [7, 11) is 0. The number of nitrogens with one attached hydrogen (secondary N) is 1. The monoisotopic (exact) mass is 417 g/mol. The molecule has 5 rings (SSSR count). The molecular weight excluding hydrogens is 400 g/mol. The molecule has 1 N–H and O–H groups in total. The van der Waals surface area contributed by atoms with Gasteiger partial charge in [0.15, 0.2) is 11.5 Å². The zero-order chi connectivity index (χ0) is 21.4. The van der Waals surface area contributed by atoms with Crippen molar-refractivity contribution >= 4 is 11.5 Å². The topological polar surface area (TPSA) is 72.9 Å². The van der Waals surface area contributed by atoms with E-state index in [1.54, 1.807) is 9.20 Å². The maximum Gasteiger partial charge on any atom is 0.155 e. The summed E-state index contributed by atoms with van der Waals surface area (Å²) in [5.41, 5.74) is 3.39. The van der Waals surface area contributed by atoms with Crippen LogP contribution in [0.4, 0.5) is 14.6 Å². The van der Waals surface area contributed by atoms with Gasteiger partial charge in [-0.05, 0) is 49.4 Å². The lowest BCUT2D eigenvalue weighted by atomic mass is 10.2. The Morgan fingerprint density at radius 3 is 2.81 bits per heavy atom. The van der Waals surface area contributed by atoms with Gasteiger partial charge in [-0.3, -0.25) is 0 Å². The number of aryl methyl sites for hydroxylation is 1. The zero-order valence-corrected chi connectivity index (χ0v) is 16.5. The van der Waals surface area contributed by atoms with Gasteiger partial charge >= 0.3 is 0 Å². The molecule has 0 radical (unpaired) electrons. The first-order valence-electron chi connectivity index (χ1n) is 9.58. The lowest BCUT2D eigenvalue weighted by Crippen LogP contribution is -2.05. The van der Waals surface area contributed by atoms with Crippen molar-refractivity contribution in [1.82, 2.24) is 29.4 Å². The minimum Gasteiger partial charge on any atom is -0.364 e. The van der Waals surface area contributed by atoms with Gasteiger partial charge in [0.05, 0.1) is 5.69 Å². The number of aromatic nitrogens is 6. The first kappa shape index (κ1) is 18.9. The Balaban J connectivity index is 1.55. The van der Waals surface area contributed by atoms with Crippen LogP contribution in [0.15, 0.2) is 67.1 Å². The van der Waals surface area contributed by atoms with Crippen molar-refractivity contribution in [2.45, 2.75) is 13.5 Å². The number of halogens is 2. The van der Waals surface area contributed by atoms with Crippen LogP contribution in [0, 0.1) is 18.6 Å². The SMILES string of the molecule is Cc1cccc(-n2nc(NCc3cc(F)ccc3F)cc2-c2ccn3ncnc3c2)n1. The molecule has 0 unspecified atom stereocenters. The summed E-state index contributed by atoms with van der Waals surface area (Å²) in [6.45, 7) is 1.99. The third kappa shape index (κ3) is 3.73. The van der Waals surface area contributed by atoms with Crippen LogP contribution < -0.4 is 5.32 Å². The Labute approximate surface area is 176 Å². The van der Waals surface area contributed by atoms with Gasteiger partial charge in [0.2, 0.25) is 0 Å². The fourth-order valence-electron chi connectivity index (χ4n) is 3.33. The molecule has 9 heteroatoms. The van der Waals surface area contributed by atoms with Crippen LogP contribution in [-0.2, 0) is 6.54 Å². The molecular formula is C22H17F2N7. The van der Waals surface area contributed by atoms with Crippen LogP contribution in [0.2, 0.25) is 0 Å². The average Bonchev–Trinajstić information content (AvgIpc) is 3.41. The summed E-state index contributed by atoms with van der Waals surface area (Å²) < 4.78 is 30.9. The molecule has 0 amide bonds. The first-order chi connectivity index (χ1) is 15.1. The third-order valence-electron chi connectivity index (χ3n) is 4.84. The van der Waals surface area contributed by atoms with E-state index in [0.29, 0.717) is 17.3 Å². The van der Waals surface area contributed by atoms with Gasteiger partial charge in [0.25, 0.3) is 0 Å². The standard InChI is InChI=1S/C22H17F2N7/c1-14-3-2-4-21(28-14)31-19(15-7-8-30-22(10-15)26-13-27-30)11-20(29-31)25-12-16-9-17(23)5-6-18(16)24/h2-11,13H,12H2,1H3,(H,25,29). The Hall–Kier alpha value is -4.14. The predicted octanol–water partition coefficient (Wildman–Crippen LogP) is 4.18. The molecule has 1 aromatic carbocycles. The Morgan fingerprint density at radius 1 is 1.03 bits per heavy atom. The lowest BCUT2D eigenvalue weighted by Gasteiger charge is -2.07. The van der Waals surface area contributed by atoms with E-state index in [9.17, 15) is 8.78 Å². The molecule has 4 heterocycles. The van der Waals surface area contributed by atoms with E-state index in [4.69, 9.17) is 0 Å². The van der Waals surface area contributed by atoms with Crippen LogP contribution in [0.5, 0.6) is 0 Å². The Kier molecular flexibility index (Phi) is 4.62. The van der Waals surface area contributed by atoms with Crippen molar-refractivity contribution in [2.75, 3.05) is 5.32 Å². The van der Waals surface area contributed by atoms with Crippen LogP contribution in [0.1, 0.15) is 11.3 Å². The van der Waals surface area contributed by atoms with Crippen molar-refractivity contribution in [3.63, 3.8) is 0 Å². The summed E-state index contributed by atoms with van der Waals surface area (Å²) in [6.07, 6.45) is 3.30. The van der Waals surface area contributed by atoms with E-state index < -0.39 is 11.6 Å². The highest BCUT2D eigenvalue weighted by Crippen LogP contribution is 2.26. The number of rotatable bonds is 5. The van der Waals surface area contributed by atoms with Crippen molar-refractivity contribution < 1.29 is 8.78 Å². The Bertz CT molecular complexity index is 1390. The second kappa shape index (κ2) is 7.60. The molecule has 5 aromatic rings. The lowest BCUT2D eigenvalue weighted by molar-refractivity contribution is 0.587. The number of hydrogen-bond acceptors (Lipinski definition) is 5. The molecule has 0 spiro atoms. The first-order valence-corrected chi connectivity index (χ1v) is 9.58. The maximum absolute atomic E-state index is 14.0. The van der Waals surface area contributed by atoms with Crippen LogP contribution in [0.3, 0.4) is 0 Å². The molecule has 4 aromatic heterocycles. The number of benzene rings is 1. The molecule has 154 valence electrons. The molecule has 31 heavy (non-hydrogen) atoms. The van der Waals surface area contributed by atoms with Crippen molar-refractivity contribution in [3.8, 4) is 17.1 Å². The van der Waals surface area contributed by atoms with Crippen LogP contribution in [-0.4, -0.2) is 29.4 Å². The summed E-state index contributed by atoms with van der Waals surface area (Å²) in [5.74, 6) is 0.172. The number of pyridine rings is 2. The van der Waals surface area contributed by atoms with E-state index in [-0.39, 0.29) is 12.1 Å². The third-order valence-corrected chi connectivity index (χ3v) is 4.84. The van der Waals surface area contributed by atoms with Gasteiger partial charge in [-0.25, -0.2) is 27.9 Å². The predicted molar refractivity (Wildman–Crippen MR) is 112 cm³/mol. The minimum atomic E-state index is -0.491. The van der Waals surface area contributed by atoms with E-state index in [1.807, 2.05) is 49.5 Å². The highest BCUT2D eigenvalue weighted by Gasteiger charge is 2.14. The number of nitrogens with zero attached hydrogens (tertiary/aromatic N) is 6. The van der Waals surface area contributed by atoms with Gasteiger partial charge in [-0.2, -0.15) is 5.10 Å². The van der Waals surface area contributed by atoms with Crippen molar-refractivity contribution in [1.29, 1.82) is 0 Å². The second-order valence-corrected chi connectivity index (χ2v) is 7.03. The summed E-state index contributed by atoms with van der Waals surface area (Å²) in [5, 5.41) is 11.8. The second-order valence-electron chi connectivity index (χ2n) is 7.03.